The summed E-state index contributed by atoms with van der Waals surface area (Å²) in [6, 6.07) is 4.91. The van der Waals surface area contributed by atoms with Gasteiger partial charge in [-0.2, -0.15) is 0 Å². The first-order chi connectivity index (χ1) is 8.88. The van der Waals surface area contributed by atoms with Crippen LogP contribution < -0.4 is 0 Å². The van der Waals surface area contributed by atoms with Crippen molar-refractivity contribution in [2.45, 2.75) is 78.6 Å². The lowest BCUT2D eigenvalue weighted by atomic mass is 9.79. The van der Waals surface area contributed by atoms with E-state index in [4.69, 9.17) is 0 Å². The van der Waals surface area contributed by atoms with Gasteiger partial charge in [0, 0.05) is 0 Å². The first-order valence-electron chi connectivity index (χ1n) is 7.98. The molecule has 0 heteroatoms. The van der Waals surface area contributed by atoms with E-state index in [1.54, 1.807) is 11.1 Å². The Morgan fingerprint density at radius 2 is 1.63 bits per heavy atom. The standard InChI is InChI=1S/C19H30/c1-14-11-17(12-16-9-7-6-8-10-16)13-18(15(14)2)19(3,4)5/h11,13,16H,6-10,12H2,1-5H3. The van der Waals surface area contributed by atoms with Crippen LogP contribution in [-0.2, 0) is 11.8 Å². The minimum absolute atomic E-state index is 0.261. The summed E-state index contributed by atoms with van der Waals surface area (Å²) >= 11 is 0. The zero-order valence-electron chi connectivity index (χ0n) is 13.5. The first kappa shape index (κ1) is 14.6. The molecule has 1 aromatic rings. The van der Waals surface area contributed by atoms with E-state index in [-0.39, 0.29) is 5.41 Å². The molecule has 1 aliphatic carbocycles. The molecule has 0 aromatic heterocycles. The van der Waals surface area contributed by atoms with Gasteiger partial charge >= 0.3 is 0 Å². The van der Waals surface area contributed by atoms with Gasteiger partial charge in [-0.25, -0.2) is 0 Å². The molecular weight excluding hydrogens is 228 g/mol. The van der Waals surface area contributed by atoms with Crippen LogP contribution in [0.25, 0.3) is 0 Å². The van der Waals surface area contributed by atoms with Crippen molar-refractivity contribution in [3.63, 3.8) is 0 Å². The summed E-state index contributed by atoms with van der Waals surface area (Å²) in [5.41, 5.74) is 6.33. The average molecular weight is 258 g/mol. The summed E-state index contributed by atoms with van der Waals surface area (Å²) in [5, 5.41) is 0. The molecule has 0 spiro atoms. The lowest BCUT2D eigenvalue weighted by Gasteiger charge is -2.26. The van der Waals surface area contributed by atoms with Gasteiger partial charge in [0.1, 0.15) is 0 Å². The van der Waals surface area contributed by atoms with Crippen molar-refractivity contribution in [1.82, 2.24) is 0 Å². The van der Waals surface area contributed by atoms with Gasteiger partial charge < -0.3 is 0 Å². The average Bonchev–Trinajstić information content (AvgIpc) is 2.33. The van der Waals surface area contributed by atoms with Crippen molar-refractivity contribution in [1.29, 1.82) is 0 Å². The van der Waals surface area contributed by atoms with E-state index >= 15 is 0 Å². The third-order valence-corrected chi connectivity index (χ3v) is 4.78. The SMILES string of the molecule is Cc1cc(CC2CCCCC2)cc(C(C)(C)C)c1C. The second-order valence-electron chi connectivity index (χ2n) is 7.54. The molecule has 0 nitrogen and oxygen atoms in total. The fourth-order valence-electron chi connectivity index (χ4n) is 3.56. The Bertz CT molecular complexity index is 428. The van der Waals surface area contributed by atoms with Gasteiger partial charge in [-0.3, -0.25) is 0 Å². The molecule has 1 saturated carbocycles. The highest BCUT2D eigenvalue weighted by Crippen LogP contribution is 2.32. The van der Waals surface area contributed by atoms with Crippen LogP contribution in [-0.4, -0.2) is 0 Å². The van der Waals surface area contributed by atoms with E-state index in [2.05, 4.69) is 46.8 Å². The molecule has 0 bridgehead atoms. The second kappa shape index (κ2) is 5.69. The molecular formula is C19H30. The monoisotopic (exact) mass is 258 g/mol. The van der Waals surface area contributed by atoms with Gasteiger partial charge in [-0.05, 0) is 53.9 Å². The quantitative estimate of drug-likeness (QED) is 0.636. The first-order valence-corrected chi connectivity index (χ1v) is 7.98. The van der Waals surface area contributed by atoms with E-state index in [0.29, 0.717) is 0 Å². The molecule has 2 rings (SSSR count). The smallest absolute Gasteiger partial charge is 0.0129 e. The minimum Gasteiger partial charge on any atom is -0.0561 e. The summed E-state index contributed by atoms with van der Waals surface area (Å²) in [5.74, 6) is 0.934. The van der Waals surface area contributed by atoms with Crippen LogP contribution in [0.5, 0.6) is 0 Å². The van der Waals surface area contributed by atoms with E-state index in [1.165, 1.54) is 49.7 Å². The van der Waals surface area contributed by atoms with Crippen LogP contribution in [0.4, 0.5) is 0 Å². The summed E-state index contributed by atoms with van der Waals surface area (Å²) in [7, 11) is 0. The topological polar surface area (TPSA) is 0 Å². The Kier molecular flexibility index (Phi) is 4.38. The Morgan fingerprint density at radius 1 is 1.00 bits per heavy atom. The molecule has 19 heavy (non-hydrogen) atoms. The van der Waals surface area contributed by atoms with Crippen LogP contribution in [0.2, 0.25) is 0 Å². The lowest BCUT2D eigenvalue weighted by molar-refractivity contribution is 0.356. The van der Waals surface area contributed by atoms with Crippen LogP contribution in [0.3, 0.4) is 0 Å². The molecule has 0 unspecified atom stereocenters. The minimum atomic E-state index is 0.261. The molecule has 0 radical (unpaired) electrons. The maximum Gasteiger partial charge on any atom is -0.0129 e. The van der Waals surface area contributed by atoms with Crippen molar-refractivity contribution in [2.75, 3.05) is 0 Å². The van der Waals surface area contributed by atoms with Crippen LogP contribution in [0, 0.1) is 19.8 Å². The van der Waals surface area contributed by atoms with Gasteiger partial charge in [-0.15, -0.1) is 0 Å². The largest absolute Gasteiger partial charge is 0.0561 e. The summed E-state index contributed by atoms with van der Waals surface area (Å²) in [4.78, 5) is 0. The summed E-state index contributed by atoms with van der Waals surface area (Å²) < 4.78 is 0. The molecule has 0 heterocycles. The fourth-order valence-corrected chi connectivity index (χ4v) is 3.56. The molecule has 1 aliphatic rings. The number of aryl methyl sites for hydroxylation is 1. The third kappa shape index (κ3) is 3.61. The van der Waals surface area contributed by atoms with Crippen LogP contribution in [0.15, 0.2) is 12.1 Å². The maximum absolute atomic E-state index is 2.48. The molecule has 0 aliphatic heterocycles. The lowest BCUT2D eigenvalue weighted by Crippen LogP contribution is -2.16. The third-order valence-electron chi connectivity index (χ3n) is 4.78. The number of rotatable bonds is 2. The highest BCUT2D eigenvalue weighted by atomic mass is 14.2. The highest BCUT2D eigenvalue weighted by molar-refractivity contribution is 5.41. The molecule has 0 saturated heterocycles. The Hall–Kier alpha value is -0.780. The van der Waals surface area contributed by atoms with Gasteiger partial charge in [-0.1, -0.05) is 65.0 Å². The van der Waals surface area contributed by atoms with Gasteiger partial charge in [0.15, 0.2) is 0 Å². The molecule has 0 amide bonds. The van der Waals surface area contributed by atoms with E-state index < -0.39 is 0 Å². The van der Waals surface area contributed by atoms with Crippen molar-refractivity contribution < 1.29 is 0 Å². The van der Waals surface area contributed by atoms with E-state index in [1.807, 2.05) is 0 Å². The summed E-state index contributed by atoms with van der Waals surface area (Å²) in [6.07, 6.45) is 8.53. The normalized spacial score (nSPS) is 17.7. The molecule has 1 aromatic carbocycles. The van der Waals surface area contributed by atoms with Crippen molar-refractivity contribution in [3.05, 3.63) is 34.4 Å². The van der Waals surface area contributed by atoms with E-state index in [0.717, 1.165) is 5.92 Å². The van der Waals surface area contributed by atoms with Gasteiger partial charge in [0.25, 0.3) is 0 Å². The Balaban J connectivity index is 2.23. The van der Waals surface area contributed by atoms with Gasteiger partial charge in [0.05, 0.1) is 0 Å². The Labute approximate surface area is 119 Å². The zero-order chi connectivity index (χ0) is 14.0. The number of hydrogen-bond acceptors (Lipinski definition) is 0. The number of benzene rings is 1. The Morgan fingerprint density at radius 3 is 2.21 bits per heavy atom. The fraction of sp³-hybridized carbons (Fsp3) is 0.684. The van der Waals surface area contributed by atoms with Crippen molar-refractivity contribution in [2.24, 2.45) is 5.92 Å². The predicted molar refractivity (Wildman–Crippen MR) is 84.9 cm³/mol. The predicted octanol–water partition coefficient (Wildman–Crippen LogP) is 5.72. The molecule has 106 valence electrons. The van der Waals surface area contributed by atoms with Crippen LogP contribution >= 0.6 is 0 Å². The summed E-state index contributed by atoms with van der Waals surface area (Å²) in [6.45, 7) is 11.5. The van der Waals surface area contributed by atoms with Crippen molar-refractivity contribution >= 4 is 0 Å². The zero-order valence-corrected chi connectivity index (χ0v) is 13.5. The van der Waals surface area contributed by atoms with Gasteiger partial charge in [0.2, 0.25) is 0 Å². The van der Waals surface area contributed by atoms with Crippen LogP contribution in [0.1, 0.15) is 75.1 Å². The van der Waals surface area contributed by atoms with E-state index in [9.17, 15) is 0 Å². The number of hydrogen-bond donors (Lipinski definition) is 0. The second-order valence-corrected chi connectivity index (χ2v) is 7.54. The molecule has 0 N–H and O–H groups in total. The van der Waals surface area contributed by atoms with Crippen molar-refractivity contribution in [3.8, 4) is 0 Å². The molecule has 0 atom stereocenters. The maximum atomic E-state index is 2.48. The highest BCUT2D eigenvalue weighted by Gasteiger charge is 2.20. The molecule has 1 fully saturated rings.